The molecule has 0 atom stereocenters. The molecule has 0 aliphatic rings. The zero-order valence-electron chi connectivity index (χ0n) is 8.87. The Bertz CT molecular complexity index is 676. The lowest BCUT2D eigenvalue weighted by atomic mass is 10.3. The molecule has 0 saturated heterocycles. The summed E-state index contributed by atoms with van der Waals surface area (Å²) in [7, 11) is 0. The first-order valence-electron chi connectivity index (χ1n) is 4.71. The van der Waals surface area contributed by atoms with Gasteiger partial charge in [0, 0.05) is 8.35 Å². The molecule has 0 unspecified atom stereocenters. The summed E-state index contributed by atoms with van der Waals surface area (Å²) in [5.41, 5.74) is -0.0227. The largest absolute Gasteiger partial charge is 0.412 e. The monoisotopic (exact) mass is 238 g/mol. The van der Waals surface area contributed by atoms with Crippen molar-refractivity contribution in [2.24, 2.45) is 0 Å². The molecule has 1 heterocycles. The molecule has 0 aliphatic heterocycles. The van der Waals surface area contributed by atoms with E-state index in [2.05, 4.69) is 4.98 Å². The van der Waals surface area contributed by atoms with Gasteiger partial charge in [0.15, 0.2) is 5.90 Å². The maximum Gasteiger partial charge on any atom is 0.334 e. The minimum atomic E-state index is -0.614. The molecule has 17 heavy (non-hydrogen) atoms. The quantitative estimate of drug-likeness (QED) is 0.479. The van der Waals surface area contributed by atoms with Crippen molar-refractivity contribution in [1.29, 1.82) is 10.8 Å². The molecule has 1 aromatic carbocycles. The third-order valence-corrected chi connectivity index (χ3v) is 2.10. The van der Waals surface area contributed by atoms with Gasteiger partial charge in [-0.1, -0.05) is 0 Å². The van der Waals surface area contributed by atoms with Crippen LogP contribution in [0.3, 0.4) is 0 Å². The molecule has 0 saturated carbocycles. The van der Waals surface area contributed by atoms with Gasteiger partial charge in [0.1, 0.15) is 5.82 Å². The molecule has 0 fully saturated rings. The maximum atomic E-state index is 12.9. The predicted octanol–water partition coefficient (Wildman–Crippen LogP) is 1.51. The highest BCUT2D eigenvalue weighted by atomic mass is 19.1. The fourth-order valence-electron chi connectivity index (χ4n) is 1.48. The van der Waals surface area contributed by atoms with Crippen molar-refractivity contribution >= 4 is 23.0 Å². The number of hydrogen-bond donors (Lipinski definition) is 3. The van der Waals surface area contributed by atoms with E-state index in [0.29, 0.717) is 5.52 Å². The third kappa shape index (κ3) is 1.94. The number of nitrogens with one attached hydrogen (secondary N) is 3. The molecule has 7 heteroatoms. The first kappa shape index (κ1) is 11.1. The molecule has 2 rings (SSSR count). The van der Waals surface area contributed by atoms with E-state index in [1.807, 2.05) is 0 Å². The topological polar surface area (TPSA) is 94.7 Å². The number of imidazole rings is 1. The van der Waals surface area contributed by atoms with Gasteiger partial charge in [-0.3, -0.25) is 10.8 Å². The summed E-state index contributed by atoms with van der Waals surface area (Å²) >= 11 is 0. The molecule has 2 aromatic rings. The Hall–Kier alpha value is -2.44. The number of rotatable bonds is 0. The van der Waals surface area contributed by atoms with Crippen LogP contribution >= 0.6 is 0 Å². The van der Waals surface area contributed by atoms with Crippen LogP contribution in [0.25, 0.3) is 11.0 Å². The Kier molecular flexibility index (Phi) is 2.51. The fourth-order valence-corrected chi connectivity index (χ4v) is 1.48. The summed E-state index contributed by atoms with van der Waals surface area (Å²) in [6.07, 6.45) is 0. The molecule has 0 amide bonds. The molecule has 1 aromatic heterocycles. The molecule has 3 N–H and O–H groups in total. The minimum absolute atomic E-state index is 0. The smallest absolute Gasteiger partial charge is 0.334 e. The van der Waals surface area contributed by atoms with Crippen LogP contribution in [-0.4, -0.2) is 21.5 Å². The van der Waals surface area contributed by atoms with Crippen LogP contribution in [0.1, 0.15) is 8.35 Å². The number of halogens is 1. The fraction of sp³-hybridized carbons (Fsp3) is 0.100. The van der Waals surface area contributed by atoms with Gasteiger partial charge in [-0.25, -0.2) is 13.8 Å². The SMILES string of the molecule is CC(=N)OC(=N)n1c(=O)[nH]c2cc(F)ccc21.[HH]. The zero-order chi connectivity index (χ0) is 12.6. The van der Waals surface area contributed by atoms with Gasteiger partial charge >= 0.3 is 11.7 Å². The van der Waals surface area contributed by atoms with E-state index in [1.165, 1.54) is 19.1 Å². The van der Waals surface area contributed by atoms with Crippen molar-refractivity contribution in [3.8, 4) is 0 Å². The summed E-state index contributed by atoms with van der Waals surface area (Å²) in [6, 6.07) is 3.19. The van der Waals surface area contributed by atoms with Crippen molar-refractivity contribution in [2.75, 3.05) is 0 Å². The number of fused-ring (bicyclic) bond motifs is 1. The number of nitrogens with zero attached hydrogens (tertiary/aromatic N) is 1. The van der Waals surface area contributed by atoms with Crippen LogP contribution in [0, 0.1) is 16.6 Å². The Morgan fingerprint density at radius 2 is 2.24 bits per heavy atom. The summed E-state index contributed by atoms with van der Waals surface area (Å²) in [4.78, 5) is 14.0. The first-order valence-corrected chi connectivity index (χ1v) is 4.71. The van der Waals surface area contributed by atoms with Gasteiger partial charge in [0.05, 0.1) is 11.0 Å². The molecule has 0 spiro atoms. The van der Waals surface area contributed by atoms with Crippen LogP contribution in [0.2, 0.25) is 0 Å². The first-order chi connectivity index (χ1) is 7.99. The number of hydrogen-bond acceptors (Lipinski definition) is 4. The molecule has 0 radical (unpaired) electrons. The Balaban J connectivity index is 0.00000162. The second-order valence-electron chi connectivity index (χ2n) is 3.39. The molecular formula is C10H11FN4O2. The van der Waals surface area contributed by atoms with E-state index in [0.717, 1.165) is 10.6 Å². The van der Waals surface area contributed by atoms with Crippen molar-refractivity contribution in [3.05, 3.63) is 34.5 Å². The Morgan fingerprint density at radius 1 is 1.53 bits per heavy atom. The molecule has 6 nitrogen and oxygen atoms in total. The van der Waals surface area contributed by atoms with Crippen molar-refractivity contribution in [1.82, 2.24) is 9.55 Å². The van der Waals surface area contributed by atoms with Gasteiger partial charge in [0.2, 0.25) is 0 Å². The van der Waals surface area contributed by atoms with Gasteiger partial charge in [-0.05, 0) is 18.2 Å². The molecule has 0 bridgehead atoms. The van der Waals surface area contributed by atoms with E-state index in [9.17, 15) is 9.18 Å². The van der Waals surface area contributed by atoms with Gasteiger partial charge in [0.25, 0.3) is 0 Å². The second-order valence-corrected chi connectivity index (χ2v) is 3.39. The highest BCUT2D eigenvalue weighted by Gasteiger charge is 2.13. The van der Waals surface area contributed by atoms with E-state index in [-0.39, 0.29) is 12.8 Å². The van der Waals surface area contributed by atoms with E-state index < -0.39 is 17.5 Å². The molecular weight excluding hydrogens is 227 g/mol. The zero-order valence-corrected chi connectivity index (χ0v) is 8.87. The second kappa shape index (κ2) is 3.85. The number of ether oxygens (including phenoxy) is 1. The van der Waals surface area contributed by atoms with E-state index in [1.54, 1.807) is 0 Å². The third-order valence-electron chi connectivity index (χ3n) is 2.10. The number of aromatic amines is 1. The highest BCUT2D eigenvalue weighted by molar-refractivity contribution is 5.93. The van der Waals surface area contributed by atoms with E-state index >= 15 is 0 Å². The lowest BCUT2D eigenvalue weighted by molar-refractivity contribution is 0.503. The molecule has 90 valence electrons. The van der Waals surface area contributed by atoms with Gasteiger partial charge in [-0.15, -0.1) is 0 Å². The van der Waals surface area contributed by atoms with Crippen LogP contribution in [-0.2, 0) is 4.74 Å². The summed E-state index contributed by atoms with van der Waals surface area (Å²) in [5.74, 6) is -0.694. The maximum absolute atomic E-state index is 12.9. The predicted molar refractivity (Wildman–Crippen MR) is 62.2 cm³/mol. The van der Waals surface area contributed by atoms with Crippen molar-refractivity contribution in [3.63, 3.8) is 0 Å². The van der Waals surface area contributed by atoms with Crippen LogP contribution in [0.4, 0.5) is 4.39 Å². The summed E-state index contributed by atoms with van der Waals surface area (Å²) in [6.45, 7) is 1.34. The lowest BCUT2D eigenvalue weighted by Crippen LogP contribution is -2.27. The van der Waals surface area contributed by atoms with Crippen LogP contribution < -0.4 is 5.69 Å². The number of benzene rings is 1. The summed E-state index contributed by atoms with van der Waals surface area (Å²) in [5, 5.41) is 14.6. The number of aromatic nitrogens is 2. The van der Waals surface area contributed by atoms with Gasteiger partial charge in [-0.2, -0.15) is 0 Å². The Morgan fingerprint density at radius 3 is 2.88 bits per heavy atom. The highest BCUT2D eigenvalue weighted by Crippen LogP contribution is 2.11. The van der Waals surface area contributed by atoms with Gasteiger partial charge < -0.3 is 9.72 Å². The summed E-state index contributed by atoms with van der Waals surface area (Å²) < 4.78 is 18.6. The average Bonchev–Trinajstić information content (AvgIpc) is 2.51. The van der Waals surface area contributed by atoms with Crippen molar-refractivity contribution < 1.29 is 10.6 Å². The standard InChI is InChI=1S/C10H9FN4O2.H2/c1-5(12)17-9(13)15-8-3-2-6(11)4-7(8)14-10(15)16;/h2-4,12-13H,1H3,(H,14,16);1H. The minimum Gasteiger partial charge on any atom is -0.412 e. The average molecular weight is 238 g/mol. The normalized spacial score (nSPS) is 10.5. The van der Waals surface area contributed by atoms with E-state index in [4.69, 9.17) is 15.6 Å². The van der Waals surface area contributed by atoms with Crippen LogP contribution in [0.5, 0.6) is 0 Å². The number of H-pyrrole nitrogens is 1. The van der Waals surface area contributed by atoms with Crippen LogP contribution in [0.15, 0.2) is 23.0 Å². The Labute approximate surface area is 96.1 Å². The molecule has 0 aliphatic carbocycles. The lowest BCUT2D eigenvalue weighted by Gasteiger charge is -2.04. The van der Waals surface area contributed by atoms with Crippen molar-refractivity contribution in [2.45, 2.75) is 6.92 Å².